The molecule has 9 heteroatoms. The fraction of sp³-hybridized carbons (Fsp3) is 0.200. The molecule has 0 fully saturated rings. The smallest absolute Gasteiger partial charge is 0.323 e. The van der Waals surface area contributed by atoms with Gasteiger partial charge in [-0.15, -0.1) is 0 Å². The molecule has 2 aromatic carbocycles. The zero-order chi connectivity index (χ0) is 24.9. The van der Waals surface area contributed by atoms with E-state index in [-0.39, 0.29) is 28.6 Å². The summed E-state index contributed by atoms with van der Waals surface area (Å²) in [5.41, 5.74) is 8.34. The predicted molar refractivity (Wildman–Crippen MR) is 134 cm³/mol. The van der Waals surface area contributed by atoms with Crippen LogP contribution in [0.1, 0.15) is 37.6 Å². The van der Waals surface area contributed by atoms with Crippen molar-refractivity contribution in [3.63, 3.8) is 0 Å². The molecular formula is C25H28FN7O. The van der Waals surface area contributed by atoms with Gasteiger partial charge in [0.05, 0.1) is 11.4 Å². The molecule has 0 saturated heterocycles. The molecule has 0 spiro atoms. The van der Waals surface area contributed by atoms with Crippen molar-refractivity contribution in [1.29, 1.82) is 5.41 Å². The Balaban J connectivity index is 1.92. The first-order valence-electron chi connectivity index (χ1n) is 10.6. The lowest BCUT2D eigenvalue weighted by atomic mass is 9.98. The number of nitrogens with two attached hydrogens (primary N) is 1. The van der Waals surface area contributed by atoms with E-state index in [1.807, 2.05) is 39.8 Å². The zero-order valence-electron chi connectivity index (χ0n) is 19.5. The number of carbonyl (C=O) groups is 1. The summed E-state index contributed by atoms with van der Waals surface area (Å²) < 4.78 is 14.6. The predicted octanol–water partition coefficient (Wildman–Crippen LogP) is 4.95. The Morgan fingerprint density at radius 2 is 1.74 bits per heavy atom. The summed E-state index contributed by atoms with van der Waals surface area (Å²) in [6, 6.07) is 12.4. The molecule has 0 atom stereocenters. The first kappa shape index (κ1) is 24.4. The highest BCUT2D eigenvalue weighted by molar-refractivity contribution is 6.29. The Kier molecular flexibility index (Phi) is 7.25. The molecule has 3 rings (SSSR count). The van der Waals surface area contributed by atoms with Crippen molar-refractivity contribution in [2.24, 2.45) is 0 Å². The van der Waals surface area contributed by atoms with Crippen molar-refractivity contribution in [3.8, 4) is 0 Å². The molecule has 1 heterocycles. The minimum Gasteiger partial charge on any atom is -0.386 e. The molecule has 0 aliphatic heterocycles. The Hall–Kier alpha value is -4.27. The quantitative estimate of drug-likeness (QED) is 0.332. The monoisotopic (exact) mass is 461 g/mol. The van der Waals surface area contributed by atoms with Crippen molar-refractivity contribution < 1.29 is 9.18 Å². The van der Waals surface area contributed by atoms with Gasteiger partial charge in [-0.25, -0.2) is 19.2 Å². The van der Waals surface area contributed by atoms with Crippen LogP contribution >= 0.6 is 0 Å². The van der Waals surface area contributed by atoms with Gasteiger partial charge in [0, 0.05) is 34.9 Å². The topological polar surface area (TPSA) is 129 Å². The lowest BCUT2D eigenvalue weighted by molar-refractivity contribution is 0.262. The van der Waals surface area contributed by atoms with Gasteiger partial charge in [0.15, 0.2) is 0 Å². The van der Waals surface area contributed by atoms with E-state index in [9.17, 15) is 9.18 Å². The lowest BCUT2D eigenvalue weighted by Gasteiger charge is -2.21. The van der Waals surface area contributed by atoms with Gasteiger partial charge < -0.3 is 21.7 Å². The molecule has 0 aliphatic rings. The number of halogens is 1. The second-order valence-electron chi connectivity index (χ2n) is 8.80. The van der Waals surface area contributed by atoms with Crippen LogP contribution in [0, 0.1) is 18.2 Å². The second kappa shape index (κ2) is 10.1. The van der Waals surface area contributed by atoms with E-state index in [0.29, 0.717) is 16.8 Å². The van der Waals surface area contributed by atoms with E-state index in [0.717, 1.165) is 5.56 Å². The number of hydrogen-bond acceptors (Lipinski definition) is 6. The van der Waals surface area contributed by atoms with Gasteiger partial charge in [0.2, 0.25) is 5.95 Å². The number of urea groups is 1. The van der Waals surface area contributed by atoms with E-state index in [2.05, 4.69) is 25.9 Å². The molecule has 0 saturated carbocycles. The molecule has 3 aromatic rings. The molecule has 0 radical (unpaired) electrons. The molecule has 1 aromatic heterocycles. The Bertz CT molecular complexity index is 1230. The number of hydrogen-bond donors (Lipinski definition) is 5. The van der Waals surface area contributed by atoms with Crippen LogP contribution in [0.2, 0.25) is 0 Å². The van der Waals surface area contributed by atoms with Crippen molar-refractivity contribution in [1.82, 2.24) is 15.3 Å². The normalized spacial score (nSPS) is 11.6. The average molecular weight is 462 g/mol. The van der Waals surface area contributed by atoms with Crippen LogP contribution in [0.4, 0.5) is 26.5 Å². The molecule has 0 unspecified atom stereocenters. The van der Waals surface area contributed by atoms with Crippen molar-refractivity contribution in [2.45, 2.75) is 33.2 Å². The van der Waals surface area contributed by atoms with E-state index >= 15 is 0 Å². The number of anilines is 3. The van der Waals surface area contributed by atoms with Gasteiger partial charge >= 0.3 is 6.03 Å². The first-order chi connectivity index (χ1) is 16.0. The molecule has 0 aliphatic carbocycles. The van der Waals surface area contributed by atoms with Gasteiger partial charge in [0.1, 0.15) is 5.82 Å². The maximum Gasteiger partial charge on any atom is 0.323 e. The highest BCUT2D eigenvalue weighted by atomic mass is 19.1. The van der Waals surface area contributed by atoms with E-state index in [1.165, 1.54) is 18.3 Å². The Morgan fingerprint density at radius 3 is 2.38 bits per heavy atom. The Labute approximate surface area is 198 Å². The molecular weight excluding hydrogens is 433 g/mol. The lowest BCUT2D eigenvalue weighted by Crippen LogP contribution is -2.32. The van der Waals surface area contributed by atoms with Crippen LogP contribution in [-0.4, -0.2) is 27.2 Å². The average Bonchev–Trinajstić information content (AvgIpc) is 2.74. The highest BCUT2D eigenvalue weighted by Crippen LogP contribution is 2.24. The molecule has 6 N–H and O–H groups in total. The van der Waals surface area contributed by atoms with Crippen LogP contribution in [0.5, 0.6) is 0 Å². The van der Waals surface area contributed by atoms with Crippen molar-refractivity contribution >= 4 is 34.6 Å². The molecule has 176 valence electrons. The number of nitrogens with one attached hydrogen (secondary N) is 4. The maximum absolute atomic E-state index is 14.6. The number of aryl methyl sites for hydroxylation is 1. The number of benzene rings is 2. The van der Waals surface area contributed by atoms with Gasteiger partial charge in [-0.3, -0.25) is 5.41 Å². The van der Waals surface area contributed by atoms with Crippen LogP contribution in [0.15, 0.2) is 60.9 Å². The Morgan fingerprint density at radius 1 is 1.06 bits per heavy atom. The largest absolute Gasteiger partial charge is 0.386 e. The number of carbonyl (C=O) groups excluding carboxylic acids is 1. The van der Waals surface area contributed by atoms with Gasteiger partial charge in [0.25, 0.3) is 0 Å². The molecule has 2 amide bonds. The summed E-state index contributed by atoms with van der Waals surface area (Å²) in [4.78, 5) is 20.4. The summed E-state index contributed by atoms with van der Waals surface area (Å²) in [6.45, 7) is 7.83. The third kappa shape index (κ3) is 6.86. The van der Waals surface area contributed by atoms with E-state index in [4.69, 9.17) is 11.1 Å². The summed E-state index contributed by atoms with van der Waals surface area (Å²) in [5, 5.41) is 17.3. The molecule has 34 heavy (non-hydrogen) atoms. The number of amides is 2. The van der Waals surface area contributed by atoms with Gasteiger partial charge in [-0.1, -0.05) is 17.7 Å². The third-order valence-corrected chi connectivity index (χ3v) is 4.63. The third-order valence-electron chi connectivity index (χ3n) is 4.63. The highest BCUT2D eigenvalue weighted by Gasteiger charge is 2.17. The number of aromatic nitrogens is 2. The first-order valence-corrected chi connectivity index (χ1v) is 10.6. The van der Waals surface area contributed by atoms with Crippen LogP contribution < -0.4 is 21.7 Å². The summed E-state index contributed by atoms with van der Waals surface area (Å²) >= 11 is 0. The van der Waals surface area contributed by atoms with Crippen LogP contribution in [0.3, 0.4) is 0 Å². The van der Waals surface area contributed by atoms with E-state index in [1.54, 1.807) is 30.5 Å². The standard InChI is InChI=1S/C25H28FN7O/c1-15-5-7-18(8-6-15)31-24(34)32-19-12-16(11-17(26)13-19)20(14-30-25(2,3)4)22(27)21-9-10-29-23(28)33-21/h5-14,27,30H,1-4H3,(H2,28,29,33)(H2,31,32,34)/b20-14-,27-22?. The van der Waals surface area contributed by atoms with Crippen LogP contribution in [-0.2, 0) is 0 Å². The van der Waals surface area contributed by atoms with Crippen LogP contribution in [0.25, 0.3) is 5.57 Å². The molecule has 0 bridgehead atoms. The fourth-order valence-electron chi connectivity index (χ4n) is 2.99. The summed E-state index contributed by atoms with van der Waals surface area (Å²) in [5.74, 6) is -0.542. The van der Waals surface area contributed by atoms with E-state index < -0.39 is 11.8 Å². The summed E-state index contributed by atoms with van der Waals surface area (Å²) in [6.07, 6.45) is 3.08. The zero-order valence-corrected chi connectivity index (χ0v) is 19.5. The second-order valence-corrected chi connectivity index (χ2v) is 8.80. The number of nitrogens with zero attached hydrogens (tertiary/aromatic N) is 2. The van der Waals surface area contributed by atoms with Gasteiger partial charge in [-0.05, 0) is 69.7 Å². The van der Waals surface area contributed by atoms with Crippen molar-refractivity contribution in [3.05, 3.63) is 83.6 Å². The fourth-order valence-corrected chi connectivity index (χ4v) is 2.99. The minimum atomic E-state index is -0.570. The molecule has 8 nitrogen and oxygen atoms in total. The number of nitrogen functional groups attached to an aromatic ring is 1. The minimum absolute atomic E-state index is 0.0199. The maximum atomic E-state index is 14.6. The van der Waals surface area contributed by atoms with Gasteiger partial charge in [-0.2, -0.15) is 0 Å². The number of allylic oxidation sites excluding steroid dienone is 1. The number of rotatable bonds is 6. The summed E-state index contributed by atoms with van der Waals surface area (Å²) in [7, 11) is 0. The van der Waals surface area contributed by atoms with Crippen molar-refractivity contribution in [2.75, 3.05) is 16.4 Å². The SMILES string of the molecule is Cc1ccc(NC(=O)Nc2cc(F)cc(/C(=C/NC(C)(C)C)C(=N)c3ccnc(N)n3)c2)cc1.